The average Bonchev–Trinajstić information content (AvgIpc) is 2.70. The fourth-order valence-electron chi connectivity index (χ4n) is 3.18. The third-order valence-corrected chi connectivity index (χ3v) is 4.83. The topological polar surface area (TPSA) is 50.8 Å². The van der Waals surface area contributed by atoms with Crippen molar-refractivity contribution in [3.8, 4) is 5.75 Å². The predicted octanol–water partition coefficient (Wildman–Crippen LogP) is 2.87. The molecule has 0 saturated carbocycles. The van der Waals surface area contributed by atoms with Crippen molar-refractivity contribution < 1.29 is 14.3 Å². The van der Waals surface area contributed by atoms with E-state index >= 15 is 0 Å². The molecule has 1 amide bonds. The van der Waals surface area contributed by atoms with Crippen molar-refractivity contribution in [1.82, 2.24) is 10.2 Å². The summed E-state index contributed by atoms with van der Waals surface area (Å²) in [6, 6.07) is 16.4. The first-order chi connectivity index (χ1) is 13.1. The predicted molar refractivity (Wildman–Crippen MR) is 106 cm³/mol. The van der Waals surface area contributed by atoms with E-state index in [0.717, 1.165) is 26.3 Å². The lowest BCUT2D eigenvalue weighted by molar-refractivity contribution is -0.123. The average molecular weight is 368 g/mol. The van der Waals surface area contributed by atoms with Gasteiger partial charge in [-0.15, -0.1) is 0 Å². The monoisotopic (exact) mass is 368 g/mol. The molecule has 0 radical (unpaired) electrons. The molecule has 0 spiro atoms. The molecule has 3 rings (SSSR count). The molecule has 0 aromatic heterocycles. The van der Waals surface area contributed by atoms with Crippen LogP contribution in [0.4, 0.5) is 0 Å². The molecule has 0 unspecified atom stereocenters. The molecule has 5 heteroatoms. The Balaban J connectivity index is 1.57. The Morgan fingerprint density at radius 1 is 1.04 bits per heavy atom. The van der Waals surface area contributed by atoms with Crippen molar-refractivity contribution in [1.29, 1.82) is 0 Å². The number of amides is 1. The van der Waals surface area contributed by atoms with E-state index in [4.69, 9.17) is 9.47 Å². The van der Waals surface area contributed by atoms with E-state index in [1.807, 2.05) is 31.2 Å². The minimum Gasteiger partial charge on any atom is -0.484 e. The van der Waals surface area contributed by atoms with E-state index in [1.165, 1.54) is 16.7 Å². The van der Waals surface area contributed by atoms with Crippen molar-refractivity contribution >= 4 is 5.91 Å². The van der Waals surface area contributed by atoms with Crippen LogP contribution in [0.25, 0.3) is 0 Å². The minimum absolute atomic E-state index is 0.0206. The summed E-state index contributed by atoms with van der Waals surface area (Å²) in [5, 5.41) is 3.03. The molecule has 1 aliphatic rings. The van der Waals surface area contributed by atoms with Crippen LogP contribution in [0, 0.1) is 13.8 Å². The number of nitrogens with one attached hydrogen (secondary N) is 1. The molecule has 0 bridgehead atoms. The first-order valence-electron chi connectivity index (χ1n) is 9.46. The largest absolute Gasteiger partial charge is 0.484 e. The first-order valence-corrected chi connectivity index (χ1v) is 9.46. The van der Waals surface area contributed by atoms with E-state index in [-0.39, 0.29) is 18.6 Å². The van der Waals surface area contributed by atoms with Gasteiger partial charge in [-0.1, -0.05) is 47.5 Å². The highest BCUT2D eigenvalue weighted by molar-refractivity contribution is 5.77. The quantitative estimate of drug-likeness (QED) is 0.817. The van der Waals surface area contributed by atoms with Gasteiger partial charge in [0.2, 0.25) is 0 Å². The second-order valence-electron chi connectivity index (χ2n) is 6.98. The van der Waals surface area contributed by atoms with E-state index < -0.39 is 0 Å². The second kappa shape index (κ2) is 9.53. The number of hydrogen-bond acceptors (Lipinski definition) is 4. The molecule has 1 aliphatic heterocycles. The molecule has 2 aromatic carbocycles. The summed E-state index contributed by atoms with van der Waals surface area (Å²) in [6.45, 7) is 7.87. The molecule has 144 valence electrons. The van der Waals surface area contributed by atoms with Crippen molar-refractivity contribution in [3.05, 3.63) is 65.2 Å². The summed E-state index contributed by atoms with van der Waals surface area (Å²) < 4.78 is 11.1. The van der Waals surface area contributed by atoms with Gasteiger partial charge in [0.15, 0.2) is 6.61 Å². The highest BCUT2D eigenvalue weighted by atomic mass is 16.5. The van der Waals surface area contributed by atoms with E-state index in [9.17, 15) is 4.79 Å². The van der Waals surface area contributed by atoms with Crippen LogP contribution in [0.1, 0.15) is 22.7 Å². The van der Waals surface area contributed by atoms with Crippen molar-refractivity contribution in [3.63, 3.8) is 0 Å². The molecule has 27 heavy (non-hydrogen) atoms. The minimum atomic E-state index is -0.110. The molecule has 1 fully saturated rings. The molecule has 1 heterocycles. The van der Waals surface area contributed by atoms with Gasteiger partial charge in [-0.2, -0.15) is 0 Å². The lowest BCUT2D eigenvalue weighted by Gasteiger charge is -2.35. The van der Waals surface area contributed by atoms with Gasteiger partial charge in [0, 0.05) is 19.6 Å². The Kier molecular flexibility index (Phi) is 6.85. The molecule has 0 aliphatic carbocycles. The van der Waals surface area contributed by atoms with Gasteiger partial charge in [0.05, 0.1) is 19.3 Å². The number of aryl methyl sites for hydroxylation is 2. The maximum atomic E-state index is 12.3. The second-order valence-corrected chi connectivity index (χ2v) is 6.98. The van der Waals surface area contributed by atoms with Gasteiger partial charge in [-0.25, -0.2) is 0 Å². The zero-order valence-electron chi connectivity index (χ0n) is 16.1. The zero-order chi connectivity index (χ0) is 19.1. The Morgan fingerprint density at radius 3 is 2.26 bits per heavy atom. The standard InChI is InChI=1S/C22H28N2O3/c1-17-3-7-19(8-4-17)21(24-11-13-26-14-12-24)15-23-22(25)16-27-20-9-5-18(2)6-10-20/h3-10,21H,11-16H2,1-2H3,(H,23,25)/t21-/m0/s1. The SMILES string of the molecule is Cc1ccc(OCC(=O)NC[C@@H](c2ccc(C)cc2)N2CCOCC2)cc1. The van der Waals surface area contributed by atoms with Crippen LogP contribution in [-0.4, -0.2) is 50.3 Å². The first kappa shape index (κ1) is 19.4. The summed E-state index contributed by atoms with van der Waals surface area (Å²) >= 11 is 0. The van der Waals surface area contributed by atoms with Gasteiger partial charge in [-0.3, -0.25) is 9.69 Å². The van der Waals surface area contributed by atoms with E-state index in [2.05, 4.69) is 41.4 Å². The fraction of sp³-hybridized carbons (Fsp3) is 0.409. The molecule has 1 atom stereocenters. The number of benzene rings is 2. The van der Waals surface area contributed by atoms with E-state index in [0.29, 0.717) is 12.3 Å². The summed E-state index contributed by atoms with van der Waals surface area (Å²) in [5.41, 5.74) is 3.61. The Labute approximate surface area is 161 Å². The molecule has 2 aromatic rings. The number of morpholine rings is 1. The number of carbonyl (C=O) groups excluding carboxylic acids is 1. The fourth-order valence-corrected chi connectivity index (χ4v) is 3.18. The Bertz CT molecular complexity index is 722. The van der Waals surface area contributed by atoms with Gasteiger partial charge < -0.3 is 14.8 Å². The number of ether oxygens (including phenoxy) is 2. The molecule has 5 nitrogen and oxygen atoms in total. The summed E-state index contributed by atoms with van der Waals surface area (Å²) in [7, 11) is 0. The Morgan fingerprint density at radius 2 is 1.63 bits per heavy atom. The van der Waals surface area contributed by atoms with Crippen molar-refractivity contribution in [2.45, 2.75) is 19.9 Å². The number of rotatable bonds is 7. The molecule has 1 saturated heterocycles. The van der Waals surface area contributed by atoms with Crippen LogP contribution in [0.5, 0.6) is 5.75 Å². The number of hydrogen-bond donors (Lipinski definition) is 1. The van der Waals surface area contributed by atoms with Crippen LogP contribution in [0.15, 0.2) is 48.5 Å². The maximum absolute atomic E-state index is 12.3. The molecular weight excluding hydrogens is 340 g/mol. The van der Waals surface area contributed by atoms with Crippen molar-refractivity contribution in [2.75, 3.05) is 39.5 Å². The van der Waals surface area contributed by atoms with Crippen LogP contribution in [0.3, 0.4) is 0 Å². The van der Waals surface area contributed by atoms with E-state index in [1.54, 1.807) is 0 Å². The normalized spacial score (nSPS) is 15.9. The molecule has 1 N–H and O–H groups in total. The zero-order valence-corrected chi connectivity index (χ0v) is 16.1. The van der Waals surface area contributed by atoms with Gasteiger partial charge in [-0.05, 0) is 31.5 Å². The summed E-state index contributed by atoms with van der Waals surface area (Å²) in [5.74, 6) is 0.597. The smallest absolute Gasteiger partial charge is 0.258 e. The van der Waals surface area contributed by atoms with Crippen LogP contribution >= 0.6 is 0 Å². The third-order valence-electron chi connectivity index (χ3n) is 4.83. The van der Waals surface area contributed by atoms with Gasteiger partial charge in [0.1, 0.15) is 5.75 Å². The number of nitrogens with zero attached hydrogens (tertiary/aromatic N) is 1. The van der Waals surface area contributed by atoms with Crippen LogP contribution < -0.4 is 10.1 Å². The third kappa shape index (κ3) is 5.81. The summed E-state index contributed by atoms with van der Waals surface area (Å²) in [4.78, 5) is 14.6. The van der Waals surface area contributed by atoms with Crippen LogP contribution in [0.2, 0.25) is 0 Å². The maximum Gasteiger partial charge on any atom is 0.258 e. The van der Waals surface area contributed by atoms with Crippen LogP contribution in [-0.2, 0) is 9.53 Å². The lowest BCUT2D eigenvalue weighted by Crippen LogP contribution is -2.44. The van der Waals surface area contributed by atoms with Crippen molar-refractivity contribution in [2.24, 2.45) is 0 Å². The number of carbonyl (C=O) groups is 1. The molecular formula is C22H28N2O3. The summed E-state index contributed by atoms with van der Waals surface area (Å²) in [6.07, 6.45) is 0. The van der Waals surface area contributed by atoms with Gasteiger partial charge in [0.25, 0.3) is 5.91 Å². The lowest BCUT2D eigenvalue weighted by atomic mass is 10.0. The highest BCUT2D eigenvalue weighted by Gasteiger charge is 2.23. The Hall–Kier alpha value is -2.37. The van der Waals surface area contributed by atoms with Gasteiger partial charge >= 0.3 is 0 Å². The highest BCUT2D eigenvalue weighted by Crippen LogP contribution is 2.22.